The van der Waals surface area contributed by atoms with Crippen molar-refractivity contribution < 1.29 is 4.79 Å². The van der Waals surface area contributed by atoms with Gasteiger partial charge in [-0.3, -0.25) is 0 Å². The molecule has 3 N–H and O–H groups in total. The zero-order chi connectivity index (χ0) is 12.8. The van der Waals surface area contributed by atoms with Crippen molar-refractivity contribution in [3.63, 3.8) is 0 Å². The molecule has 2 saturated heterocycles. The second-order valence-electron chi connectivity index (χ2n) is 5.26. The third-order valence-electron chi connectivity index (χ3n) is 4.14. The number of carbonyl (C=O) groups is 1. The maximum absolute atomic E-state index is 12.0. The molecule has 2 aliphatic heterocycles. The van der Waals surface area contributed by atoms with Gasteiger partial charge in [0.1, 0.15) is 0 Å². The summed E-state index contributed by atoms with van der Waals surface area (Å²) in [7, 11) is 0. The highest BCUT2D eigenvalue weighted by Gasteiger charge is 2.37. The van der Waals surface area contributed by atoms with Crippen molar-refractivity contribution in [1.82, 2.24) is 20.5 Å². The van der Waals surface area contributed by atoms with E-state index >= 15 is 0 Å². The summed E-state index contributed by atoms with van der Waals surface area (Å²) in [6.07, 6.45) is 2.01. The minimum Gasteiger partial charge on any atom is -0.361 e. The number of hydrogen-bond donors (Lipinski definition) is 3. The average Bonchev–Trinajstić information content (AvgIpc) is 2.92. The van der Waals surface area contributed by atoms with Crippen molar-refractivity contribution >= 4 is 16.9 Å². The van der Waals surface area contributed by atoms with Crippen LogP contribution in [-0.4, -0.2) is 41.6 Å². The van der Waals surface area contributed by atoms with E-state index in [4.69, 9.17) is 0 Å². The lowest BCUT2D eigenvalue weighted by atomic mass is 10.1. The highest BCUT2D eigenvalue weighted by Crippen LogP contribution is 2.28. The standard InChI is InChI=1S/C14H16N4O/c19-14-17-13(8-18(14)9-5-15-6-9)11-7-16-12-4-2-1-3-10(11)12/h1-4,7,9,13,15-16H,5-6,8H2,(H,17,19). The summed E-state index contributed by atoms with van der Waals surface area (Å²) in [5, 5.41) is 7.49. The van der Waals surface area contributed by atoms with E-state index < -0.39 is 0 Å². The fourth-order valence-electron chi connectivity index (χ4n) is 2.92. The molecule has 4 rings (SSSR count). The van der Waals surface area contributed by atoms with Crippen molar-refractivity contribution in [2.45, 2.75) is 12.1 Å². The van der Waals surface area contributed by atoms with Gasteiger partial charge in [0.05, 0.1) is 12.1 Å². The second kappa shape index (κ2) is 3.99. The summed E-state index contributed by atoms with van der Waals surface area (Å²) in [5.74, 6) is 0. The van der Waals surface area contributed by atoms with Crippen LogP contribution in [0.2, 0.25) is 0 Å². The van der Waals surface area contributed by atoms with E-state index in [9.17, 15) is 4.79 Å². The van der Waals surface area contributed by atoms with Gasteiger partial charge in [-0.1, -0.05) is 18.2 Å². The predicted molar refractivity (Wildman–Crippen MR) is 72.9 cm³/mol. The first-order valence-electron chi connectivity index (χ1n) is 6.67. The van der Waals surface area contributed by atoms with Gasteiger partial charge in [-0.15, -0.1) is 0 Å². The van der Waals surface area contributed by atoms with Crippen molar-refractivity contribution in [3.05, 3.63) is 36.0 Å². The van der Waals surface area contributed by atoms with E-state index in [1.165, 1.54) is 10.9 Å². The quantitative estimate of drug-likeness (QED) is 0.756. The van der Waals surface area contributed by atoms with Crippen LogP contribution in [0.25, 0.3) is 10.9 Å². The smallest absolute Gasteiger partial charge is 0.318 e. The Bertz CT molecular complexity index is 631. The number of nitrogens with one attached hydrogen (secondary N) is 3. The molecule has 0 spiro atoms. The molecule has 2 amide bonds. The summed E-state index contributed by atoms with van der Waals surface area (Å²) < 4.78 is 0. The van der Waals surface area contributed by atoms with Gasteiger partial charge >= 0.3 is 6.03 Å². The van der Waals surface area contributed by atoms with Crippen molar-refractivity contribution in [1.29, 1.82) is 0 Å². The molecule has 19 heavy (non-hydrogen) atoms. The molecular formula is C14H16N4O. The predicted octanol–water partition coefficient (Wildman–Crippen LogP) is 1.21. The van der Waals surface area contributed by atoms with E-state index in [0.717, 1.165) is 25.2 Å². The zero-order valence-electron chi connectivity index (χ0n) is 10.5. The Balaban J connectivity index is 1.64. The maximum atomic E-state index is 12.0. The molecule has 0 saturated carbocycles. The molecule has 1 aromatic carbocycles. The van der Waals surface area contributed by atoms with E-state index in [2.05, 4.69) is 27.8 Å². The third-order valence-corrected chi connectivity index (χ3v) is 4.14. The summed E-state index contributed by atoms with van der Waals surface area (Å²) in [6, 6.07) is 8.71. The molecular weight excluding hydrogens is 240 g/mol. The van der Waals surface area contributed by atoms with Crippen LogP contribution in [0, 0.1) is 0 Å². The molecule has 2 fully saturated rings. The minimum atomic E-state index is 0.0572. The molecule has 3 heterocycles. The third kappa shape index (κ3) is 1.62. The van der Waals surface area contributed by atoms with Crippen LogP contribution in [0.4, 0.5) is 4.79 Å². The monoisotopic (exact) mass is 256 g/mol. The lowest BCUT2D eigenvalue weighted by molar-refractivity contribution is 0.172. The van der Waals surface area contributed by atoms with Crippen LogP contribution >= 0.6 is 0 Å². The summed E-state index contributed by atoms with van der Waals surface area (Å²) in [4.78, 5) is 17.2. The molecule has 2 aliphatic rings. The van der Waals surface area contributed by atoms with Crippen molar-refractivity contribution in [3.8, 4) is 0 Å². The fourth-order valence-corrected chi connectivity index (χ4v) is 2.92. The Morgan fingerprint density at radius 3 is 2.84 bits per heavy atom. The molecule has 98 valence electrons. The van der Waals surface area contributed by atoms with Crippen LogP contribution in [0.15, 0.2) is 30.5 Å². The lowest BCUT2D eigenvalue weighted by Crippen LogP contribution is -2.57. The Morgan fingerprint density at radius 1 is 1.21 bits per heavy atom. The largest absolute Gasteiger partial charge is 0.361 e. The molecule has 1 aromatic heterocycles. The van der Waals surface area contributed by atoms with Gasteiger partial charge < -0.3 is 20.5 Å². The highest BCUT2D eigenvalue weighted by molar-refractivity contribution is 5.85. The molecule has 0 radical (unpaired) electrons. The van der Waals surface area contributed by atoms with Crippen molar-refractivity contribution in [2.75, 3.05) is 19.6 Å². The van der Waals surface area contributed by atoms with E-state index in [0.29, 0.717) is 6.04 Å². The highest BCUT2D eigenvalue weighted by atomic mass is 16.2. The molecule has 1 unspecified atom stereocenters. The number of nitrogens with zero attached hydrogens (tertiary/aromatic N) is 1. The van der Waals surface area contributed by atoms with Gasteiger partial charge in [0.15, 0.2) is 0 Å². The molecule has 1 atom stereocenters. The zero-order valence-corrected chi connectivity index (χ0v) is 10.5. The molecule has 0 bridgehead atoms. The number of benzene rings is 1. The number of fused-ring (bicyclic) bond motifs is 1. The molecule has 5 heteroatoms. The SMILES string of the molecule is O=C1NC(c2c[nH]c3ccccc23)CN1C1CNC1. The number of aromatic nitrogens is 1. The topological polar surface area (TPSA) is 60.2 Å². The van der Waals surface area contributed by atoms with E-state index in [1.807, 2.05) is 23.2 Å². The van der Waals surface area contributed by atoms with E-state index in [-0.39, 0.29) is 12.1 Å². The summed E-state index contributed by atoms with van der Waals surface area (Å²) in [5.41, 5.74) is 2.30. The normalized spacial score (nSPS) is 23.7. The molecule has 2 aromatic rings. The number of carbonyl (C=O) groups excluding carboxylic acids is 1. The maximum Gasteiger partial charge on any atom is 0.318 e. The van der Waals surface area contributed by atoms with Crippen molar-refractivity contribution in [2.24, 2.45) is 0 Å². The molecule has 5 nitrogen and oxygen atoms in total. The number of rotatable bonds is 2. The van der Waals surface area contributed by atoms with Crippen LogP contribution in [0.5, 0.6) is 0 Å². The second-order valence-corrected chi connectivity index (χ2v) is 5.26. The first kappa shape index (κ1) is 10.9. The van der Waals surface area contributed by atoms with Gasteiger partial charge in [0, 0.05) is 42.3 Å². The van der Waals surface area contributed by atoms with Gasteiger partial charge in [0.25, 0.3) is 0 Å². The van der Waals surface area contributed by atoms with Crippen LogP contribution in [0.1, 0.15) is 11.6 Å². The number of amides is 2. The average molecular weight is 256 g/mol. The molecule has 0 aliphatic carbocycles. The fraction of sp³-hybridized carbons (Fsp3) is 0.357. The number of urea groups is 1. The number of aromatic amines is 1. The first-order chi connectivity index (χ1) is 9.33. The van der Waals surface area contributed by atoms with Crippen LogP contribution in [0.3, 0.4) is 0 Å². The van der Waals surface area contributed by atoms with Crippen LogP contribution < -0.4 is 10.6 Å². The van der Waals surface area contributed by atoms with Gasteiger partial charge in [0.2, 0.25) is 0 Å². The summed E-state index contributed by atoms with van der Waals surface area (Å²) in [6.45, 7) is 2.58. The van der Waals surface area contributed by atoms with E-state index in [1.54, 1.807) is 0 Å². The number of hydrogen-bond acceptors (Lipinski definition) is 2. The Morgan fingerprint density at radius 2 is 2.05 bits per heavy atom. The Labute approximate surface area is 111 Å². The number of para-hydroxylation sites is 1. The first-order valence-corrected chi connectivity index (χ1v) is 6.67. The van der Waals surface area contributed by atoms with Gasteiger partial charge in [-0.2, -0.15) is 0 Å². The Hall–Kier alpha value is -2.01. The van der Waals surface area contributed by atoms with Gasteiger partial charge in [-0.25, -0.2) is 4.79 Å². The summed E-state index contributed by atoms with van der Waals surface area (Å²) >= 11 is 0. The van der Waals surface area contributed by atoms with Crippen LogP contribution in [-0.2, 0) is 0 Å². The minimum absolute atomic E-state index is 0.0572. The Kier molecular flexibility index (Phi) is 2.29. The number of H-pyrrole nitrogens is 1. The van der Waals surface area contributed by atoms with Gasteiger partial charge in [-0.05, 0) is 6.07 Å². The lowest BCUT2D eigenvalue weighted by Gasteiger charge is -2.34.